The first-order valence-corrected chi connectivity index (χ1v) is 4.70. The molecule has 13 heavy (non-hydrogen) atoms. The molecule has 4 heteroatoms. The number of amides is 1. The van der Waals surface area contributed by atoms with Gasteiger partial charge in [-0.05, 0) is 7.05 Å². The van der Waals surface area contributed by atoms with Crippen molar-refractivity contribution in [1.82, 2.24) is 15.5 Å². The van der Waals surface area contributed by atoms with E-state index in [1.54, 1.807) is 4.90 Å². The predicted molar refractivity (Wildman–Crippen MR) is 54.7 cm³/mol. The molecule has 0 aliphatic rings. The average molecular weight is 187 g/mol. The summed E-state index contributed by atoms with van der Waals surface area (Å²) < 4.78 is 0. The Labute approximate surface area is 80.7 Å². The topological polar surface area (TPSA) is 44.4 Å². The number of nitrogens with one attached hydrogen (secondary N) is 2. The highest BCUT2D eigenvalue weighted by Crippen LogP contribution is 1.83. The Kier molecular flexibility index (Phi) is 6.54. The van der Waals surface area contributed by atoms with Crippen LogP contribution in [0, 0.1) is 0 Å². The smallest absolute Gasteiger partial charge is 0.236 e. The number of hydrogen-bond donors (Lipinski definition) is 2. The van der Waals surface area contributed by atoms with Crippen molar-refractivity contribution in [3.05, 3.63) is 0 Å². The molecule has 0 spiro atoms. The third-order valence-corrected chi connectivity index (χ3v) is 1.78. The van der Waals surface area contributed by atoms with E-state index >= 15 is 0 Å². The lowest BCUT2D eigenvalue weighted by atomic mass is 10.4. The number of carbonyl (C=O) groups excluding carboxylic acids is 1. The van der Waals surface area contributed by atoms with Gasteiger partial charge in [-0.25, -0.2) is 0 Å². The summed E-state index contributed by atoms with van der Waals surface area (Å²) in [6, 6.07) is 0.363. The van der Waals surface area contributed by atoms with Gasteiger partial charge in [0.2, 0.25) is 5.91 Å². The van der Waals surface area contributed by atoms with Crippen molar-refractivity contribution in [1.29, 1.82) is 0 Å². The lowest BCUT2D eigenvalue weighted by molar-refractivity contribution is -0.129. The van der Waals surface area contributed by atoms with Crippen molar-refractivity contribution in [2.75, 3.05) is 33.7 Å². The standard InChI is InChI=1S/C9H21N3O/c1-8(2)11-7-9(13)12(4)6-5-10-3/h8,10-11H,5-7H2,1-4H3. The molecular weight excluding hydrogens is 166 g/mol. The second kappa shape index (κ2) is 6.86. The van der Waals surface area contributed by atoms with Gasteiger partial charge in [0.1, 0.15) is 0 Å². The van der Waals surface area contributed by atoms with Crippen LogP contribution >= 0.6 is 0 Å². The van der Waals surface area contributed by atoms with Gasteiger partial charge in [-0.2, -0.15) is 0 Å². The summed E-state index contributed by atoms with van der Waals surface area (Å²) in [6.07, 6.45) is 0. The molecule has 2 N–H and O–H groups in total. The zero-order chi connectivity index (χ0) is 10.3. The van der Waals surface area contributed by atoms with Crippen molar-refractivity contribution in [3.63, 3.8) is 0 Å². The maximum atomic E-state index is 11.4. The van der Waals surface area contributed by atoms with Crippen molar-refractivity contribution in [3.8, 4) is 0 Å². The molecule has 4 nitrogen and oxygen atoms in total. The Bertz CT molecular complexity index is 148. The molecule has 0 radical (unpaired) electrons. The van der Waals surface area contributed by atoms with Gasteiger partial charge in [0.15, 0.2) is 0 Å². The first-order chi connectivity index (χ1) is 6.07. The van der Waals surface area contributed by atoms with Crippen LogP contribution in [-0.2, 0) is 4.79 Å². The quantitative estimate of drug-likeness (QED) is 0.598. The number of nitrogens with zero attached hydrogens (tertiary/aromatic N) is 1. The summed E-state index contributed by atoms with van der Waals surface area (Å²) in [7, 11) is 3.70. The molecule has 0 aromatic rings. The maximum Gasteiger partial charge on any atom is 0.236 e. The van der Waals surface area contributed by atoms with Gasteiger partial charge >= 0.3 is 0 Å². The van der Waals surface area contributed by atoms with E-state index in [2.05, 4.69) is 10.6 Å². The fraction of sp³-hybridized carbons (Fsp3) is 0.889. The Balaban J connectivity index is 3.57. The molecule has 0 aliphatic carbocycles. The zero-order valence-electron chi connectivity index (χ0n) is 9.05. The fourth-order valence-corrected chi connectivity index (χ4v) is 0.831. The molecule has 78 valence electrons. The van der Waals surface area contributed by atoms with Crippen molar-refractivity contribution < 1.29 is 4.79 Å². The van der Waals surface area contributed by atoms with Gasteiger partial charge in [0, 0.05) is 26.2 Å². The van der Waals surface area contributed by atoms with E-state index in [1.807, 2.05) is 27.9 Å². The molecule has 0 rings (SSSR count). The molecule has 0 unspecified atom stereocenters. The SMILES string of the molecule is CNCCN(C)C(=O)CNC(C)C. The monoisotopic (exact) mass is 187 g/mol. The average Bonchev–Trinajstić information content (AvgIpc) is 2.10. The highest BCUT2D eigenvalue weighted by atomic mass is 16.2. The Morgan fingerprint density at radius 2 is 2.08 bits per heavy atom. The molecule has 0 heterocycles. The number of carbonyl (C=O) groups is 1. The Morgan fingerprint density at radius 3 is 2.54 bits per heavy atom. The fourth-order valence-electron chi connectivity index (χ4n) is 0.831. The first-order valence-electron chi connectivity index (χ1n) is 4.70. The lowest BCUT2D eigenvalue weighted by Gasteiger charge is -2.18. The summed E-state index contributed by atoms with van der Waals surface area (Å²) in [5.41, 5.74) is 0. The van der Waals surface area contributed by atoms with Gasteiger partial charge < -0.3 is 15.5 Å². The molecule has 1 amide bonds. The molecular formula is C9H21N3O. The summed E-state index contributed by atoms with van der Waals surface area (Å²) in [5.74, 6) is 0.143. The van der Waals surface area contributed by atoms with Crippen molar-refractivity contribution in [2.24, 2.45) is 0 Å². The molecule has 0 bridgehead atoms. The third kappa shape index (κ3) is 6.54. The number of hydrogen-bond acceptors (Lipinski definition) is 3. The van der Waals surface area contributed by atoms with E-state index in [9.17, 15) is 4.79 Å². The van der Waals surface area contributed by atoms with Crippen LogP contribution in [0.4, 0.5) is 0 Å². The molecule has 0 aromatic carbocycles. The Morgan fingerprint density at radius 1 is 1.46 bits per heavy atom. The predicted octanol–water partition coefficient (Wildman–Crippen LogP) is -0.338. The molecule has 0 saturated carbocycles. The van der Waals surface area contributed by atoms with Gasteiger partial charge in [0.05, 0.1) is 6.54 Å². The summed E-state index contributed by atoms with van der Waals surface area (Å²) in [4.78, 5) is 13.1. The van der Waals surface area contributed by atoms with E-state index in [0.717, 1.165) is 13.1 Å². The van der Waals surface area contributed by atoms with Crippen LogP contribution in [0.15, 0.2) is 0 Å². The third-order valence-electron chi connectivity index (χ3n) is 1.78. The minimum absolute atomic E-state index is 0.143. The van der Waals surface area contributed by atoms with Crippen LogP contribution < -0.4 is 10.6 Å². The summed E-state index contributed by atoms with van der Waals surface area (Å²) in [6.45, 7) is 6.08. The second-order valence-corrected chi connectivity index (χ2v) is 3.45. The van der Waals surface area contributed by atoms with Gasteiger partial charge in [-0.3, -0.25) is 4.79 Å². The molecule has 0 aliphatic heterocycles. The first kappa shape index (κ1) is 12.4. The van der Waals surface area contributed by atoms with Crippen LogP contribution in [0.5, 0.6) is 0 Å². The Hall–Kier alpha value is -0.610. The number of rotatable bonds is 6. The van der Waals surface area contributed by atoms with Crippen molar-refractivity contribution >= 4 is 5.91 Å². The second-order valence-electron chi connectivity index (χ2n) is 3.45. The molecule has 0 saturated heterocycles. The highest BCUT2D eigenvalue weighted by Gasteiger charge is 2.07. The van der Waals surface area contributed by atoms with Crippen LogP contribution in [0.1, 0.15) is 13.8 Å². The minimum Gasteiger partial charge on any atom is -0.343 e. The normalized spacial score (nSPS) is 10.5. The molecule has 0 atom stereocenters. The number of likely N-dealkylation sites (N-methyl/N-ethyl adjacent to an activating group) is 2. The summed E-state index contributed by atoms with van der Waals surface area (Å²) >= 11 is 0. The molecule has 0 aromatic heterocycles. The maximum absolute atomic E-state index is 11.4. The van der Waals surface area contributed by atoms with Crippen molar-refractivity contribution in [2.45, 2.75) is 19.9 Å². The van der Waals surface area contributed by atoms with Crippen LogP contribution in [-0.4, -0.2) is 50.6 Å². The van der Waals surface area contributed by atoms with Gasteiger partial charge in [-0.15, -0.1) is 0 Å². The largest absolute Gasteiger partial charge is 0.343 e. The van der Waals surface area contributed by atoms with Gasteiger partial charge in [-0.1, -0.05) is 13.8 Å². The van der Waals surface area contributed by atoms with E-state index in [4.69, 9.17) is 0 Å². The van der Waals surface area contributed by atoms with E-state index in [-0.39, 0.29) is 5.91 Å². The lowest BCUT2D eigenvalue weighted by Crippen LogP contribution is -2.40. The molecule has 0 fully saturated rings. The van der Waals surface area contributed by atoms with E-state index in [0.29, 0.717) is 12.6 Å². The zero-order valence-corrected chi connectivity index (χ0v) is 9.05. The minimum atomic E-state index is 0.143. The van der Waals surface area contributed by atoms with Crippen LogP contribution in [0.25, 0.3) is 0 Å². The van der Waals surface area contributed by atoms with Crippen LogP contribution in [0.3, 0.4) is 0 Å². The van der Waals surface area contributed by atoms with Gasteiger partial charge in [0.25, 0.3) is 0 Å². The van der Waals surface area contributed by atoms with Crippen LogP contribution in [0.2, 0.25) is 0 Å². The highest BCUT2D eigenvalue weighted by molar-refractivity contribution is 5.77. The van der Waals surface area contributed by atoms with E-state index in [1.165, 1.54) is 0 Å². The van der Waals surface area contributed by atoms with E-state index < -0.39 is 0 Å². The summed E-state index contributed by atoms with van der Waals surface area (Å²) in [5, 5.41) is 6.10.